The molecular formula is C19H19N3O2. The van der Waals surface area contributed by atoms with Crippen LogP contribution < -0.4 is 5.32 Å². The van der Waals surface area contributed by atoms with Crippen LogP contribution in [0.15, 0.2) is 48.5 Å². The van der Waals surface area contributed by atoms with Gasteiger partial charge in [-0.1, -0.05) is 42.0 Å². The van der Waals surface area contributed by atoms with Gasteiger partial charge in [0.2, 0.25) is 0 Å². The molecule has 0 amide bonds. The van der Waals surface area contributed by atoms with Crippen LogP contribution in [-0.2, 0) is 11.3 Å². The van der Waals surface area contributed by atoms with Gasteiger partial charge < -0.3 is 10.1 Å². The van der Waals surface area contributed by atoms with Crippen molar-refractivity contribution in [2.75, 3.05) is 11.9 Å². The highest BCUT2D eigenvalue weighted by Crippen LogP contribution is 2.18. The van der Waals surface area contributed by atoms with E-state index in [0.29, 0.717) is 24.5 Å². The van der Waals surface area contributed by atoms with Crippen molar-refractivity contribution in [3.05, 3.63) is 65.4 Å². The molecular weight excluding hydrogens is 302 g/mol. The number of rotatable bonds is 5. The monoisotopic (exact) mass is 321 g/mol. The van der Waals surface area contributed by atoms with E-state index in [2.05, 4.69) is 27.4 Å². The van der Waals surface area contributed by atoms with Gasteiger partial charge in [-0.25, -0.2) is 14.8 Å². The number of esters is 1. The lowest BCUT2D eigenvalue weighted by molar-refractivity contribution is 0.0520. The zero-order valence-corrected chi connectivity index (χ0v) is 13.7. The highest BCUT2D eigenvalue weighted by molar-refractivity contribution is 5.95. The minimum Gasteiger partial charge on any atom is -0.461 e. The molecule has 0 saturated carbocycles. The van der Waals surface area contributed by atoms with Gasteiger partial charge in [-0.05, 0) is 31.5 Å². The van der Waals surface area contributed by atoms with Gasteiger partial charge in [-0.2, -0.15) is 0 Å². The van der Waals surface area contributed by atoms with Gasteiger partial charge in [0.25, 0.3) is 0 Å². The van der Waals surface area contributed by atoms with Crippen molar-refractivity contribution in [1.29, 1.82) is 0 Å². The van der Waals surface area contributed by atoms with Crippen molar-refractivity contribution in [3.8, 4) is 0 Å². The molecule has 5 heteroatoms. The largest absolute Gasteiger partial charge is 0.461 e. The molecule has 1 N–H and O–H groups in total. The van der Waals surface area contributed by atoms with Crippen LogP contribution in [0.5, 0.6) is 0 Å². The molecule has 0 unspecified atom stereocenters. The second-order valence-electron chi connectivity index (χ2n) is 5.47. The summed E-state index contributed by atoms with van der Waals surface area (Å²) in [6.45, 7) is 4.67. The molecule has 3 rings (SSSR count). The van der Waals surface area contributed by atoms with E-state index in [9.17, 15) is 4.79 Å². The highest BCUT2D eigenvalue weighted by atomic mass is 16.5. The zero-order valence-electron chi connectivity index (χ0n) is 13.7. The van der Waals surface area contributed by atoms with Gasteiger partial charge in [-0.3, -0.25) is 0 Å². The maximum absolute atomic E-state index is 12.2. The maximum Gasteiger partial charge on any atom is 0.360 e. The third kappa shape index (κ3) is 3.51. The zero-order chi connectivity index (χ0) is 16.9. The summed E-state index contributed by atoms with van der Waals surface area (Å²) < 4.78 is 5.10. The van der Waals surface area contributed by atoms with Crippen LogP contribution in [0.4, 0.5) is 5.82 Å². The second-order valence-corrected chi connectivity index (χ2v) is 5.47. The maximum atomic E-state index is 12.2. The van der Waals surface area contributed by atoms with Crippen molar-refractivity contribution < 1.29 is 9.53 Å². The van der Waals surface area contributed by atoms with Crippen molar-refractivity contribution in [2.24, 2.45) is 0 Å². The summed E-state index contributed by atoms with van der Waals surface area (Å²) in [7, 11) is 0. The molecule has 2 aromatic carbocycles. The van der Waals surface area contributed by atoms with Crippen LogP contribution in [-0.4, -0.2) is 22.5 Å². The number of nitrogens with one attached hydrogen (secondary N) is 1. The number of hydrogen-bond donors (Lipinski definition) is 1. The molecule has 0 radical (unpaired) electrons. The van der Waals surface area contributed by atoms with E-state index in [0.717, 1.165) is 11.1 Å². The first-order valence-corrected chi connectivity index (χ1v) is 7.90. The molecule has 0 aliphatic carbocycles. The Hall–Kier alpha value is -2.95. The second kappa shape index (κ2) is 7.08. The number of carbonyl (C=O) groups excluding carboxylic acids is 1. The molecule has 0 aliphatic rings. The van der Waals surface area contributed by atoms with Gasteiger partial charge in [0.15, 0.2) is 11.5 Å². The van der Waals surface area contributed by atoms with Crippen molar-refractivity contribution in [3.63, 3.8) is 0 Å². The molecule has 3 aromatic rings. The molecule has 24 heavy (non-hydrogen) atoms. The standard InChI is InChI=1S/C19H19N3O2/c1-3-24-19(23)17-18(20-12-14-10-8-13(2)9-11-14)22-16-7-5-4-6-15(16)21-17/h4-11H,3,12H2,1-2H3,(H,20,22). The molecule has 1 heterocycles. The first kappa shape index (κ1) is 15.9. The van der Waals surface area contributed by atoms with Crippen molar-refractivity contribution >= 4 is 22.8 Å². The number of ether oxygens (including phenoxy) is 1. The highest BCUT2D eigenvalue weighted by Gasteiger charge is 2.17. The molecule has 122 valence electrons. The van der Waals surface area contributed by atoms with Crippen molar-refractivity contribution in [1.82, 2.24) is 9.97 Å². The van der Waals surface area contributed by atoms with E-state index in [1.54, 1.807) is 6.92 Å². The van der Waals surface area contributed by atoms with Gasteiger partial charge in [0.1, 0.15) is 0 Å². The first-order chi connectivity index (χ1) is 11.7. The summed E-state index contributed by atoms with van der Waals surface area (Å²) in [5, 5.41) is 3.21. The molecule has 0 spiro atoms. The fourth-order valence-corrected chi connectivity index (χ4v) is 2.36. The van der Waals surface area contributed by atoms with Gasteiger partial charge in [-0.15, -0.1) is 0 Å². The lowest BCUT2D eigenvalue weighted by Gasteiger charge is -2.11. The molecule has 0 bridgehead atoms. The van der Waals surface area contributed by atoms with Crippen LogP contribution in [0, 0.1) is 6.92 Å². The van der Waals surface area contributed by atoms with E-state index in [1.165, 1.54) is 5.56 Å². The van der Waals surface area contributed by atoms with Crippen molar-refractivity contribution in [2.45, 2.75) is 20.4 Å². The van der Waals surface area contributed by atoms with E-state index >= 15 is 0 Å². The first-order valence-electron chi connectivity index (χ1n) is 7.90. The van der Waals surface area contributed by atoms with Crippen LogP contribution in [0.1, 0.15) is 28.5 Å². The lowest BCUT2D eigenvalue weighted by atomic mass is 10.1. The number of benzene rings is 2. The third-order valence-electron chi connectivity index (χ3n) is 3.62. The van der Waals surface area contributed by atoms with E-state index in [-0.39, 0.29) is 5.69 Å². The van der Waals surface area contributed by atoms with E-state index in [1.807, 2.05) is 43.3 Å². The Labute approximate surface area is 140 Å². The fourth-order valence-electron chi connectivity index (χ4n) is 2.36. The number of hydrogen-bond acceptors (Lipinski definition) is 5. The van der Waals surface area contributed by atoms with E-state index < -0.39 is 5.97 Å². The van der Waals surface area contributed by atoms with Gasteiger partial charge in [0, 0.05) is 6.54 Å². The Morgan fingerprint density at radius 1 is 1.04 bits per heavy atom. The number of anilines is 1. The van der Waals surface area contributed by atoms with Gasteiger partial charge >= 0.3 is 5.97 Å². The number of aromatic nitrogens is 2. The fraction of sp³-hybridized carbons (Fsp3) is 0.211. The Morgan fingerprint density at radius 2 is 1.71 bits per heavy atom. The summed E-state index contributed by atoms with van der Waals surface area (Å²) in [6, 6.07) is 15.6. The minimum absolute atomic E-state index is 0.211. The number of nitrogens with zero attached hydrogens (tertiary/aromatic N) is 2. The molecule has 5 nitrogen and oxygen atoms in total. The Balaban J connectivity index is 1.92. The lowest BCUT2D eigenvalue weighted by Crippen LogP contribution is -2.14. The average molecular weight is 321 g/mol. The Bertz CT molecular complexity index is 860. The quantitative estimate of drug-likeness (QED) is 0.726. The van der Waals surface area contributed by atoms with E-state index in [4.69, 9.17) is 4.74 Å². The normalized spacial score (nSPS) is 10.6. The number of aryl methyl sites for hydroxylation is 1. The van der Waals surface area contributed by atoms with Gasteiger partial charge in [0.05, 0.1) is 17.6 Å². The summed E-state index contributed by atoms with van der Waals surface area (Å²) in [4.78, 5) is 21.2. The predicted octanol–water partition coefficient (Wildman–Crippen LogP) is 3.73. The Kier molecular flexibility index (Phi) is 4.70. The number of fused-ring (bicyclic) bond motifs is 1. The minimum atomic E-state index is -0.470. The topological polar surface area (TPSA) is 64.1 Å². The third-order valence-corrected chi connectivity index (χ3v) is 3.62. The number of para-hydroxylation sites is 2. The van der Waals surface area contributed by atoms with Crippen LogP contribution >= 0.6 is 0 Å². The molecule has 0 saturated heterocycles. The summed E-state index contributed by atoms with van der Waals surface area (Å²) in [6.07, 6.45) is 0. The van der Waals surface area contributed by atoms with Crippen LogP contribution in [0.2, 0.25) is 0 Å². The molecule has 0 aliphatic heterocycles. The molecule has 1 aromatic heterocycles. The average Bonchev–Trinajstić information content (AvgIpc) is 2.60. The smallest absolute Gasteiger partial charge is 0.360 e. The predicted molar refractivity (Wildman–Crippen MR) is 94.0 cm³/mol. The summed E-state index contributed by atoms with van der Waals surface area (Å²) in [5.41, 5.74) is 3.92. The SMILES string of the molecule is CCOC(=O)c1nc2ccccc2nc1NCc1ccc(C)cc1. The molecule has 0 fully saturated rings. The van der Waals surface area contributed by atoms with Crippen LogP contribution in [0.3, 0.4) is 0 Å². The molecule has 0 atom stereocenters. The Morgan fingerprint density at radius 3 is 2.38 bits per heavy atom. The summed E-state index contributed by atoms with van der Waals surface area (Å²) >= 11 is 0. The number of carbonyl (C=O) groups is 1. The van der Waals surface area contributed by atoms with Crippen LogP contribution in [0.25, 0.3) is 11.0 Å². The summed E-state index contributed by atoms with van der Waals surface area (Å²) in [5.74, 6) is -0.0325.